The maximum absolute atomic E-state index is 12.4. The van der Waals surface area contributed by atoms with E-state index in [1.807, 2.05) is 0 Å². The molecule has 3 rings (SSSR count). The Morgan fingerprint density at radius 2 is 1.74 bits per heavy atom. The molecule has 19 heavy (non-hydrogen) atoms. The first-order valence-corrected chi connectivity index (χ1v) is 7.91. The summed E-state index contributed by atoms with van der Waals surface area (Å²) in [4.78, 5) is 26.4. The number of amides is 2. The zero-order chi connectivity index (χ0) is 13.7. The van der Waals surface area contributed by atoms with Gasteiger partial charge in [-0.2, -0.15) is 0 Å². The van der Waals surface area contributed by atoms with E-state index in [1.165, 1.54) is 4.90 Å². The lowest BCUT2D eigenvalue weighted by molar-refractivity contribution is -0.122. The van der Waals surface area contributed by atoms with E-state index in [2.05, 4.69) is 37.0 Å². The summed E-state index contributed by atoms with van der Waals surface area (Å²) in [6, 6.07) is 1.62. The second-order valence-electron chi connectivity index (χ2n) is 5.02. The Morgan fingerprint density at radius 3 is 2.16 bits per heavy atom. The molecule has 5 nitrogen and oxygen atoms in total. The number of hydrogen-bond acceptors (Lipinski definition) is 4. The molecular formula is C12H12Br2N2O3. The summed E-state index contributed by atoms with van der Waals surface area (Å²) >= 11 is 7.11. The second kappa shape index (κ2) is 4.70. The van der Waals surface area contributed by atoms with Crippen LogP contribution in [0.1, 0.15) is 18.6 Å². The van der Waals surface area contributed by atoms with Crippen LogP contribution in [0.4, 0.5) is 5.82 Å². The van der Waals surface area contributed by atoms with Gasteiger partial charge in [0.15, 0.2) is 5.82 Å². The van der Waals surface area contributed by atoms with E-state index < -0.39 is 0 Å². The molecule has 0 radical (unpaired) electrons. The third-order valence-corrected chi connectivity index (χ3v) is 6.49. The Kier molecular flexibility index (Phi) is 3.29. The molecule has 7 heteroatoms. The molecule has 4 atom stereocenters. The van der Waals surface area contributed by atoms with Crippen LogP contribution < -0.4 is 4.90 Å². The molecule has 2 aliphatic rings. The minimum atomic E-state index is -0.248. The lowest BCUT2D eigenvalue weighted by Gasteiger charge is -2.29. The quantitative estimate of drug-likeness (QED) is 0.544. The highest BCUT2D eigenvalue weighted by Crippen LogP contribution is 2.44. The van der Waals surface area contributed by atoms with Crippen molar-refractivity contribution < 1.29 is 14.1 Å². The first-order valence-electron chi connectivity index (χ1n) is 6.08. The van der Waals surface area contributed by atoms with Gasteiger partial charge < -0.3 is 4.52 Å². The van der Waals surface area contributed by atoms with E-state index in [0.717, 1.165) is 0 Å². The molecule has 1 saturated heterocycles. The molecule has 1 saturated carbocycles. The fraction of sp³-hybridized carbons (Fsp3) is 0.583. The summed E-state index contributed by atoms with van der Waals surface area (Å²) in [5, 5.41) is 3.78. The summed E-state index contributed by atoms with van der Waals surface area (Å²) in [6.07, 6.45) is 1.33. The molecule has 2 heterocycles. The Bertz CT molecular complexity index is 517. The summed E-state index contributed by atoms with van der Waals surface area (Å²) in [7, 11) is 0. The third kappa shape index (κ3) is 2.07. The molecule has 1 aromatic heterocycles. The van der Waals surface area contributed by atoms with E-state index >= 15 is 0 Å². The van der Waals surface area contributed by atoms with Crippen LogP contribution in [0.25, 0.3) is 0 Å². The van der Waals surface area contributed by atoms with Crippen LogP contribution in [0.5, 0.6) is 0 Å². The molecule has 1 aliphatic heterocycles. The molecule has 0 aromatic carbocycles. The van der Waals surface area contributed by atoms with Crippen molar-refractivity contribution in [1.82, 2.24) is 5.16 Å². The number of rotatable bonds is 1. The van der Waals surface area contributed by atoms with Crippen molar-refractivity contribution in [2.45, 2.75) is 29.4 Å². The van der Waals surface area contributed by atoms with Gasteiger partial charge in [0.2, 0.25) is 11.8 Å². The van der Waals surface area contributed by atoms with Crippen molar-refractivity contribution in [3.05, 3.63) is 11.8 Å². The lowest BCUT2D eigenvalue weighted by atomic mass is 9.81. The molecule has 0 N–H and O–H groups in total. The largest absolute Gasteiger partial charge is 0.360 e. The van der Waals surface area contributed by atoms with Crippen molar-refractivity contribution >= 4 is 49.5 Å². The van der Waals surface area contributed by atoms with Gasteiger partial charge in [-0.05, 0) is 19.8 Å². The van der Waals surface area contributed by atoms with Gasteiger partial charge in [-0.15, -0.1) is 0 Å². The zero-order valence-electron chi connectivity index (χ0n) is 10.2. The zero-order valence-corrected chi connectivity index (χ0v) is 13.3. The Balaban J connectivity index is 1.93. The molecule has 2 fully saturated rings. The third-order valence-electron chi connectivity index (χ3n) is 3.76. The molecule has 2 amide bonds. The van der Waals surface area contributed by atoms with Gasteiger partial charge in [0, 0.05) is 15.7 Å². The average Bonchev–Trinajstić information content (AvgIpc) is 2.86. The molecule has 1 aliphatic carbocycles. The topological polar surface area (TPSA) is 63.4 Å². The summed E-state index contributed by atoms with van der Waals surface area (Å²) in [6.45, 7) is 1.73. The van der Waals surface area contributed by atoms with Gasteiger partial charge in [0.05, 0.1) is 11.8 Å². The Hall–Kier alpha value is -0.690. The van der Waals surface area contributed by atoms with Crippen LogP contribution in [0.15, 0.2) is 10.6 Å². The van der Waals surface area contributed by atoms with Gasteiger partial charge in [0.1, 0.15) is 5.76 Å². The number of hydrogen-bond donors (Lipinski definition) is 0. The van der Waals surface area contributed by atoms with E-state index in [0.29, 0.717) is 24.4 Å². The number of aryl methyl sites for hydroxylation is 1. The normalized spacial score (nSPS) is 34.8. The molecule has 0 bridgehead atoms. The number of aromatic nitrogens is 1. The van der Waals surface area contributed by atoms with Crippen LogP contribution in [-0.4, -0.2) is 26.6 Å². The highest BCUT2D eigenvalue weighted by molar-refractivity contribution is 9.12. The standard InChI is InChI=1S/C12H12Br2N2O3/c1-5-2-10(15-19-5)16-11(17)6-3-8(13)9(14)4-7(6)12(16)18/h2,6-9H,3-4H2,1H3/t6-,7+,8-,9-/m0/s1. The van der Waals surface area contributed by atoms with Gasteiger partial charge in [-0.1, -0.05) is 37.0 Å². The predicted molar refractivity (Wildman–Crippen MR) is 75.4 cm³/mol. The summed E-state index contributed by atoms with van der Waals surface area (Å²) < 4.78 is 4.95. The van der Waals surface area contributed by atoms with Crippen molar-refractivity contribution in [3.63, 3.8) is 0 Å². The molecule has 102 valence electrons. The molecule has 0 spiro atoms. The second-order valence-corrected chi connectivity index (χ2v) is 7.38. The minimum absolute atomic E-state index is 0.160. The number of carbonyl (C=O) groups excluding carboxylic acids is 2. The fourth-order valence-electron chi connectivity index (χ4n) is 2.78. The number of alkyl halides is 2. The van der Waals surface area contributed by atoms with Crippen molar-refractivity contribution in [3.8, 4) is 0 Å². The number of carbonyl (C=O) groups is 2. The van der Waals surface area contributed by atoms with Crippen molar-refractivity contribution in [2.24, 2.45) is 11.8 Å². The maximum atomic E-state index is 12.4. The maximum Gasteiger partial charge on any atom is 0.239 e. The van der Waals surface area contributed by atoms with Gasteiger partial charge in [-0.3, -0.25) is 9.59 Å². The van der Waals surface area contributed by atoms with Crippen LogP contribution in [0, 0.1) is 18.8 Å². The summed E-state index contributed by atoms with van der Waals surface area (Å²) in [5.41, 5.74) is 0. The van der Waals surface area contributed by atoms with Crippen LogP contribution >= 0.6 is 31.9 Å². The first kappa shape index (κ1) is 13.3. The van der Waals surface area contributed by atoms with Crippen LogP contribution in [-0.2, 0) is 9.59 Å². The fourth-order valence-corrected chi connectivity index (χ4v) is 4.02. The van der Waals surface area contributed by atoms with E-state index in [9.17, 15) is 9.59 Å². The first-order chi connectivity index (χ1) is 8.99. The number of anilines is 1. The Labute approximate surface area is 126 Å². The van der Waals surface area contributed by atoms with Gasteiger partial charge in [0.25, 0.3) is 0 Å². The van der Waals surface area contributed by atoms with E-state index in [1.54, 1.807) is 13.0 Å². The molecule has 0 unspecified atom stereocenters. The highest BCUT2D eigenvalue weighted by Gasteiger charge is 2.53. The SMILES string of the molecule is Cc1cc(N2C(=O)[C@H]3C[C@H](Br)[C@@H](Br)C[C@H]3C2=O)no1. The highest BCUT2D eigenvalue weighted by atomic mass is 79.9. The van der Waals surface area contributed by atoms with E-state index in [4.69, 9.17) is 4.52 Å². The number of fused-ring (bicyclic) bond motifs is 1. The lowest BCUT2D eigenvalue weighted by Crippen LogP contribution is -2.34. The number of imide groups is 1. The predicted octanol–water partition coefficient (Wildman–Crippen LogP) is 2.41. The van der Waals surface area contributed by atoms with Gasteiger partial charge >= 0.3 is 0 Å². The molecular weight excluding hydrogens is 380 g/mol. The monoisotopic (exact) mass is 390 g/mol. The van der Waals surface area contributed by atoms with Crippen molar-refractivity contribution in [2.75, 3.05) is 4.90 Å². The van der Waals surface area contributed by atoms with Crippen LogP contribution in [0.3, 0.4) is 0 Å². The average molecular weight is 392 g/mol. The van der Waals surface area contributed by atoms with Gasteiger partial charge in [-0.25, -0.2) is 4.90 Å². The minimum Gasteiger partial charge on any atom is -0.360 e. The number of halogens is 2. The summed E-state index contributed by atoms with van der Waals surface area (Å²) in [5.74, 6) is 0.0750. The van der Waals surface area contributed by atoms with Crippen LogP contribution in [0.2, 0.25) is 0 Å². The molecule has 1 aromatic rings. The van der Waals surface area contributed by atoms with E-state index in [-0.39, 0.29) is 33.3 Å². The Morgan fingerprint density at radius 1 is 1.21 bits per heavy atom. The van der Waals surface area contributed by atoms with Crippen molar-refractivity contribution in [1.29, 1.82) is 0 Å². The smallest absolute Gasteiger partial charge is 0.239 e. The number of nitrogens with zero attached hydrogens (tertiary/aromatic N) is 2.